The molecule has 412 valence electrons. The van der Waals surface area contributed by atoms with Gasteiger partial charge in [-0.25, -0.2) is 0 Å². The Morgan fingerprint density at radius 2 is 0.588 bits per heavy atom. The van der Waals surface area contributed by atoms with Crippen molar-refractivity contribution < 1.29 is 0 Å². The van der Waals surface area contributed by atoms with E-state index in [0.29, 0.717) is 0 Å². The highest BCUT2D eigenvalue weighted by molar-refractivity contribution is 7.03. The first kappa shape index (κ1) is 52.4. The SMILES string of the molecule is CC(C)(C)c1cc2c3c(c1)N(c1ccccc1)c1cc4c(cc1B3c1ccccc1N2c1ccccc1)B1c2ccccc2N(c2ccccc2)c2cc(N(c3ccccc3C(C)(C)C)c3ccccc3C(C)(C)C)cc(c21)N4c1ccccc1. The molecule has 11 aromatic rings. The molecule has 4 aliphatic rings. The van der Waals surface area contributed by atoms with Crippen LogP contribution in [-0.2, 0) is 16.2 Å². The molecular weight excluding hydrogens is 1030 g/mol. The summed E-state index contributed by atoms with van der Waals surface area (Å²) in [5, 5.41) is 0. The van der Waals surface area contributed by atoms with Crippen LogP contribution >= 0.6 is 0 Å². The number of fused-ring (bicyclic) bond motifs is 8. The first-order valence-electron chi connectivity index (χ1n) is 30.3. The molecule has 0 saturated heterocycles. The monoisotopic (exact) mass is 1100 g/mol. The van der Waals surface area contributed by atoms with Crippen LogP contribution in [-0.4, -0.2) is 13.4 Å². The van der Waals surface area contributed by atoms with E-state index >= 15 is 0 Å². The zero-order chi connectivity index (χ0) is 58.1. The summed E-state index contributed by atoms with van der Waals surface area (Å²) < 4.78 is 0. The maximum atomic E-state index is 2.65. The lowest BCUT2D eigenvalue weighted by Gasteiger charge is -2.48. The smallest absolute Gasteiger partial charge is 0.252 e. The van der Waals surface area contributed by atoms with Crippen molar-refractivity contribution in [3.05, 3.63) is 271 Å². The van der Waals surface area contributed by atoms with E-state index in [0.717, 1.165) is 45.5 Å². The molecule has 11 aromatic carbocycles. The molecule has 0 bridgehead atoms. The van der Waals surface area contributed by atoms with Gasteiger partial charge in [-0.3, -0.25) is 0 Å². The molecule has 7 heteroatoms. The van der Waals surface area contributed by atoms with E-state index in [9.17, 15) is 0 Å². The summed E-state index contributed by atoms with van der Waals surface area (Å²) in [6, 6.07) is 96.2. The molecule has 85 heavy (non-hydrogen) atoms. The number of hydrogen-bond donors (Lipinski definition) is 0. The molecule has 15 rings (SSSR count). The van der Waals surface area contributed by atoms with Crippen LogP contribution in [0.3, 0.4) is 0 Å². The molecule has 0 aromatic heterocycles. The van der Waals surface area contributed by atoms with Gasteiger partial charge in [-0.2, -0.15) is 0 Å². The zero-order valence-electron chi connectivity index (χ0n) is 50.1. The quantitative estimate of drug-likeness (QED) is 0.147. The van der Waals surface area contributed by atoms with Gasteiger partial charge < -0.3 is 24.5 Å². The summed E-state index contributed by atoms with van der Waals surface area (Å²) in [6.45, 7) is 20.9. The fourth-order valence-corrected chi connectivity index (χ4v) is 14.4. The van der Waals surface area contributed by atoms with Crippen molar-refractivity contribution in [2.24, 2.45) is 0 Å². The van der Waals surface area contributed by atoms with E-state index in [1.54, 1.807) is 0 Å². The highest BCUT2D eigenvalue weighted by atomic mass is 15.2. The average Bonchev–Trinajstić information content (AvgIpc) is 0.708. The highest BCUT2D eigenvalue weighted by Crippen LogP contribution is 2.53. The highest BCUT2D eigenvalue weighted by Gasteiger charge is 2.49. The Bertz CT molecular complexity index is 4350. The molecule has 0 fully saturated rings. The summed E-state index contributed by atoms with van der Waals surface area (Å²) in [5.74, 6) is 0. The van der Waals surface area contributed by atoms with Crippen LogP contribution in [0, 0.1) is 0 Å². The van der Waals surface area contributed by atoms with Crippen molar-refractivity contribution in [3.8, 4) is 0 Å². The number of benzene rings is 11. The summed E-state index contributed by atoms with van der Waals surface area (Å²) >= 11 is 0. The standard InChI is InChI=1S/C78H69B2N5/c1-76(2,3)52-46-70-74-71(47-52)83(55-34-18-12-19-35-55)68-51-69-63(50-62(68)79(74)60-40-24-28-44-66(60)81(70)53-30-14-10-15-31-53)80-61-41-25-29-45-67(61)82(54-32-16-11-17-33-54)72-48-57(49-73(75(72)80)84(69)56-36-20-13-21-37-56)85(64-42-26-22-38-58(64)77(4,5)6)65-43-27-23-39-59(65)78(7,8)9/h10-51H,1-9H3. The van der Waals surface area contributed by atoms with Crippen LogP contribution in [0.15, 0.2) is 255 Å². The largest absolute Gasteiger partial charge is 0.311 e. The van der Waals surface area contributed by atoms with Crippen molar-refractivity contribution in [3.63, 3.8) is 0 Å². The Morgan fingerprint density at radius 3 is 0.953 bits per heavy atom. The molecule has 0 radical (unpaired) electrons. The normalized spacial score (nSPS) is 13.8. The van der Waals surface area contributed by atoms with Gasteiger partial charge in [-0.15, -0.1) is 0 Å². The van der Waals surface area contributed by atoms with Crippen molar-refractivity contribution >= 4 is 132 Å². The van der Waals surface area contributed by atoms with Gasteiger partial charge >= 0.3 is 0 Å². The average molecular weight is 1100 g/mol. The molecule has 0 saturated carbocycles. The summed E-state index contributed by atoms with van der Waals surface area (Å²) in [4.78, 5) is 12.9. The predicted molar refractivity (Wildman–Crippen MR) is 365 cm³/mol. The Hall–Kier alpha value is -9.45. The lowest BCUT2D eigenvalue weighted by Crippen LogP contribution is -2.65. The van der Waals surface area contributed by atoms with Crippen LogP contribution < -0.4 is 57.3 Å². The molecule has 0 N–H and O–H groups in total. The molecule has 0 unspecified atom stereocenters. The minimum atomic E-state index is -0.168. The number of anilines is 15. The first-order valence-corrected chi connectivity index (χ1v) is 30.3. The zero-order valence-corrected chi connectivity index (χ0v) is 50.1. The van der Waals surface area contributed by atoms with Crippen molar-refractivity contribution in [2.45, 2.75) is 78.6 Å². The van der Waals surface area contributed by atoms with E-state index in [1.165, 1.54) is 89.3 Å². The lowest BCUT2D eigenvalue weighted by molar-refractivity contribution is 0.587. The Balaban J connectivity index is 1.08. The van der Waals surface area contributed by atoms with Crippen LogP contribution in [0.2, 0.25) is 0 Å². The summed E-state index contributed by atoms with van der Waals surface area (Å²) in [5.41, 5.74) is 28.5. The van der Waals surface area contributed by atoms with E-state index in [1.807, 2.05) is 0 Å². The van der Waals surface area contributed by atoms with Crippen molar-refractivity contribution in [1.29, 1.82) is 0 Å². The molecule has 5 nitrogen and oxygen atoms in total. The topological polar surface area (TPSA) is 16.2 Å². The number of nitrogens with zero attached hydrogens (tertiary/aromatic N) is 5. The van der Waals surface area contributed by atoms with Gasteiger partial charge in [0, 0.05) is 79.6 Å². The predicted octanol–water partition coefficient (Wildman–Crippen LogP) is 17.2. The molecule has 4 aliphatic heterocycles. The number of rotatable bonds is 7. The fourth-order valence-electron chi connectivity index (χ4n) is 14.4. The minimum Gasteiger partial charge on any atom is -0.311 e. The van der Waals surface area contributed by atoms with Crippen molar-refractivity contribution in [1.82, 2.24) is 0 Å². The van der Waals surface area contributed by atoms with Crippen LogP contribution in [0.5, 0.6) is 0 Å². The number of hydrogen-bond acceptors (Lipinski definition) is 5. The van der Waals surface area contributed by atoms with Gasteiger partial charge in [0.1, 0.15) is 0 Å². The Labute approximate surface area is 503 Å². The van der Waals surface area contributed by atoms with Gasteiger partial charge in [0.05, 0.1) is 5.69 Å². The van der Waals surface area contributed by atoms with Crippen LogP contribution in [0.25, 0.3) is 0 Å². The van der Waals surface area contributed by atoms with Crippen LogP contribution in [0.4, 0.5) is 85.3 Å². The van der Waals surface area contributed by atoms with Gasteiger partial charge in [0.2, 0.25) is 0 Å². The fraction of sp³-hybridized carbons (Fsp3) is 0.154. The third kappa shape index (κ3) is 8.37. The number of para-hydroxylation sites is 8. The van der Waals surface area contributed by atoms with Crippen LogP contribution in [0.1, 0.15) is 79.0 Å². The van der Waals surface area contributed by atoms with Gasteiger partial charge in [0.25, 0.3) is 13.4 Å². The van der Waals surface area contributed by atoms with Gasteiger partial charge in [-0.05, 0) is 169 Å². The maximum Gasteiger partial charge on any atom is 0.252 e. The van der Waals surface area contributed by atoms with E-state index in [2.05, 4.69) is 342 Å². The van der Waals surface area contributed by atoms with E-state index in [4.69, 9.17) is 0 Å². The van der Waals surface area contributed by atoms with Crippen molar-refractivity contribution in [2.75, 3.05) is 24.5 Å². The minimum absolute atomic E-state index is 0.0807. The second-order valence-corrected chi connectivity index (χ2v) is 26.6. The Morgan fingerprint density at radius 1 is 0.271 bits per heavy atom. The second kappa shape index (κ2) is 19.6. The summed E-state index contributed by atoms with van der Waals surface area (Å²) in [7, 11) is 0. The second-order valence-electron chi connectivity index (χ2n) is 26.6. The Kier molecular flexibility index (Phi) is 12.1. The molecule has 0 amide bonds. The third-order valence-electron chi connectivity index (χ3n) is 18.1. The van der Waals surface area contributed by atoms with Gasteiger partial charge in [-0.1, -0.05) is 214 Å². The van der Waals surface area contributed by atoms with E-state index in [-0.39, 0.29) is 29.7 Å². The van der Waals surface area contributed by atoms with E-state index < -0.39 is 0 Å². The summed E-state index contributed by atoms with van der Waals surface area (Å²) in [6.07, 6.45) is 0. The molecule has 0 aliphatic carbocycles. The molecule has 4 heterocycles. The molecule has 0 spiro atoms. The third-order valence-corrected chi connectivity index (χ3v) is 18.1. The van der Waals surface area contributed by atoms with Gasteiger partial charge in [0.15, 0.2) is 0 Å². The lowest BCUT2D eigenvalue weighted by atomic mass is 9.30. The maximum absolute atomic E-state index is 2.65. The molecule has 0 atom stereocenters. The molecular formula is C78H69B2N5. The first-order chi connectivity index (χ1) is 41.1.